The zero-order valence-electron chi connectivity index (χ0n) is 12.6. The van der Waals surface area contributed by atoms with Crippen molar-refractivity contribution >= 4 is 0 Å². The van der Waals surface area contributed by atoms with Crippen LogP contribution in [0.3, 0.4) is 0 Å². The molecule has 1 fully saturated rings. The SMILES string of the molecule is COc1cccc(F)c1OCc1nnc(C2CC(N)C2)n1C. The molecule has 2 aromatic rings. The van der Waals surface area contributed by atoms with Crippen LogP contribution in [-0.4, -0.2) is 27.9 Å². The summed E-state index contributed by atoms with van der Waals surface area (Å²) in [6.45, 7) is 0.125. The molecule has 0 amide bonds. The van der Waals surface area contributed by atoms with Crippen LogP contribution in [0, 0.1) is 5.82 Å². The first kappa shape index (κ1) is 14.8. The lowest BCUT2D eigenvalue weighted by Gasteiger charge is -2.31. The number of rotatable bonds is 5. The topological polar surface area (TPSA) is 75.2 Å². The second-order valence-electron chi connectivity index (χ2n) is 5.52. The van der Waals surface area contributed by atoms with Crippen LogP contribution in [0.5, 0.6) is 11.5 Å². The number of nitrogens with zero attached hydrogens (tertiary/aromatic N) is 3. The summed E-state index contributed by atoms with van der Waals surface area (Å²) in [5, 5.41) is 8.33. The first-order valence-corrected chi connectivity index (χ1v) is 7.19. The van der Waals surface area contributed by atoms with Crippen molar-refractivity contribution in [3.05, 3.63) is 35.7 Å². The van der Waals surface area contributed by atoms with Gasteiger partial charge in [0.2, 0.25) is 0 Å². The van der Waals surface area contributed by atoms with Crippen LogP contribution in [0.15, 0.2) is 18.2 Å². The molecule has 6 nitrogen and oxygen atoms in total. The van der Waals surface area contributed by atoms with Gasteiger partial charge in [0.15, 0.2) is 23.1 Å². The molecule has 0 aliphatic heterocycles. The van der Waals surface area contributed by atoms with Crippen LogP contribution in [0.2, 0.25) is 0 Å². The summed E-state index contributed by atoms with van der Waals surface area (Å²) in [6.07, 6.45) is 1.85. The number of hydrogen-bond donors (Lipinski definition) is 1. The average Bonchev–Trinajstić information content (AvgIpc) is 2.83. The molecule has 22 heavy (non-hydrogen) atoms. The summed E-state index contributed by atoms with van der Waals surface area (Å²) in [5.41, 5.74) is 5.81. The van der Waals surface area contributed by atoms with Crippen LogP contribution in [0.25, 0.3) is 0 Å². The van der Waals surface area contributed by atoms with Gasteiger partial charge in [0, 0.05) is 19.0 Å². The maximum Gasteiger partial charge on any atom is 0.197 e. The molecule has 3 rings (SSSR count). The monoisotopic (exact) mass is 306 g/mol. The summed E-state index contributed by atoms with van der Waals surface area (Å²) in [6, 6.07) is 4.80. The number of halogens is 1. The molecule has 1 aromatic carbocycles. The first-order valence-electron chi connectivity index (χ1n) is 7.19. The quantitative estimate of drug-likeness (QED) is 0.911. The minimum absolute atomic E-state index is 0.0835. The Kier molecular flexibility index (Phi) is 3.98. The van der Waals surface area contributed by atoms with Crippen LogP contribution >= 0.6 is 0 Å². The van der Waals surface area contributed by atoms with E-state index < -0.39 is 5.82 Å². The summed E-state index contributed by atoms with van der Waals surface area (Å²) < 4.78 is 26.4. The molecule has 0 spiro atoms. The highest BCUT2D eigenvalue weighted by molar-refractivity contribution is 5.40. The van der Waals surface area contributed by atoms with Crippen LogP contribution in [0.1, 0.15) is 30.4 Å². The van der Waals surface area contributed by atoms with Crippen LogP contribution in [0.4, 0.5) is 4.39 Å². The van der Waals surface area contributed by atoms with E-state index in [1.165, 1.54) is 13.2 Å². The second-order valence-corrected chi connectivity index (χ2v) is 5.52. The van der Waals surface area contributed by atoms with Crippen molar-refractivity contribution in [3.63, 3.8) is 0 Å². The van der Waals surface area contributed by atoms with Gasteiger partial charge >= 0.3 is 0 Å². The van der Waals surface area contributed by atoms with Gasteiger partial charge in [-0.1, -0.05) is 6.07 Å². The predicted octanol–water partition coefficient (Wildman–Crippen LogP) is 1.75. The fourth-order valence-corrected chi connectivity index (χ4v) is 2.66. The Morgan fingerprint density at radius 1 is 1.36 bits per heavy atom. The zero-order chi connectivity index (χ0) is 15.7. The maximum absolute atomic E-state index is 13.8. The number of ether oxygens (including phenoxy) is 2. The summed E-state index contributed by atoms with van der Waals surface area (Å²) >= 11 is 0. The molecular weight excluding hydrogens is 287 g/mol. The minimum atomic E-state index is -0.466. The summed E-state index contributed by atoms with van der Waals surface area (Å²) in [5.74, 6) is 1.87. The normalized spacial score (nSPS) is 20.5. The molecule has 0 unspecified atom stereocenters. The minimum Gasteiger partial charge on any atom is -0.493 e. The molecule has 118 valence electrons. The zero-order valence-corrected chi connectivity index (χ0v) is 12.6. The lowest BCUT2D eigenvalue weighted by Crippen LogP contribution is -2.36. The van der Waals surface area contributed by atoms with E-state index in [1.807, 2.05) is 11.6 Å². The van der Waals surface area contributed by atoms with E-state index >= 15 is 0 Å². The van der Waals surface area contributed by atoms with Gasteiger partial charge in [0.05, 0.1) is 7.11 Å². The standard InChI is InChI=1S/C15H19FN4O2/c1-20-13(18-19-15(20)9-6-10(17)7-9)8-22-14-11(16)4-3-5-12(14)21-2/h3-5,9-10H,6-8,17H2,1-2H3. The highest BCUT2D eigenvalue weighted by Crippen LogP contribution is 2.35. The van der Waals surface area contributed by atoms with Gasteiger partial charge < -0.3 is 19.8 Å². The Morgan fingerprint density at radius 3 is 2.82 bits per heavy atom. The van der Waals surface area contributed by atoms with E-state index in [2.05, 4.69) is 10.2 Å². The molecule has 0 bridgehead atoms. The molecule has 1 aliphatic carbocycles. The van der Waals surface area contributed by atoms with Crippen molar-refractivity contribution in [1.29, 1.82) is 0 Å². The molecule has 0 atom stereocenters. The van der Waals surface area contributed by atoms with E-state index in [0.29, 0.717) is 17.5 Å². The van der Waals surface area contributed by atoms with Gasteiger partial charge in [-0.3, -0.25) is 0 Å². The number of para-hydroxylation sites is 1. The Labute approximate surface area is 128 Å². The van der Waals surface area contributed by atoms with Gasteiger partial charge in [-0.25, -0.2) is 4.39 Å². The van der Waals surface area contributed by atoms with Gasteiger partial charge in [-0.15, -0.1) is 10.2 Å². The van der Waals surface area contributed by atoms with Crippen LogP contribution < -0.4 is 15.2 Å². The lowest BCUT2D eigenvalue weighted by molar-refractivity contribution is 0.257. The smallest absolute Gasteiger partial charge is 0.197 e. The molecule has 1 aromatic heterocycles. The highest BCUT2D eigenvalue weighted by atomic mass is 19.1. The van der Waals surface area contributed by atoms with Gasteiger partial charge in [-0.2, -0.15) is 0 Å². The molecule has 0 saturated heterocycles. The fraction of sp³-hybridized carbons (Fsp3) is 0.467. The number of nitrogens with two attached hydrogens (primary N) is 1. The molecule has 1 saturated carbocycles. The molecule has 2 N–H and O–H groups in total. The van der Waals surface area contributed by atoms with E-state index in [0.717, 1.165) is 18.7 Å². The third kappa shape index (κ3) is 2.64. The fourth-order valence-electron chi connectivity index (χ4n) is 2.66. The molecular formula is C15H19FN4O2. The van der Waals surface area contributed by atoms with Crippen molar-refractivity contribution in [1.82, 2.24) is 14.8 Å². The number of aromatic nitrogens is 3. The predicted molar refractivity (Wildman–Crippen MR) is 78.2 cm³/mol. The third-order valence-corrected chi connectivity index (χ3v) is 4.03. The van der Waals surface area contributed by atoms with E-state index in [9.17, 15) is 4.39 Å². The maximum atomic E-state index is 13.8. The number of benzene rings is 1. The molecule has 0 radical (unpaired) electrons. The van der Waals surface area contributed by atoms with E-state index in [1.54, 1.807) is 12.1 Å². The Bertz CT molecular complexity index is 668. The van der Waals surface area contributed by atoms with Gasteiger partial charge in [-0.05, 0) is 25.0 Å². The van der Waals surface area contributed by atoms with Crippen molar-refractivity contribution in [3.8, 4) is 11.5 Å². The summed E-state index contributed by atoms with van der Waals surface area (Å²) in [7, 11) is 3.36. The lowest BCUT2D eigenvalue weighted by atomic mass is 9.80. The number of hydrogen-bond acceptors (Lipinski definition) is 5. The van der Waals surface area contributed by atoms with Crippen LogP contribution in [-0.2, 0) is 13.7 Å². The first-order chi connectivity index (χ1) is 10.6. The molecule has 7 heteroatoms. The Balaban J connectivity index is 1.72. The van der Waals surface area contributed by atoms with Gasteiger partial charge in [0.1, 0.15) is 12.4 Å². The van der Waals surface area contributed by atoms with Crippen molar-refractivity contribution in [2.24, 2.45) is 12.8 Å². The number of methoxy groups -OCH3 is 1. The van der Waals surface area contributed by atoms with Crippen molar-refractivity contribution < 1.29 is 13.9 Å². The van der Waals surface area contributed by atoms with Crippen molar-refractivity contribution in [2.75, 3.05) is 7.11 Å². The third-order valence-electron chi connectivity index (χ3n) is 4.03. The average molecular weight is 306 g/mol. The largest absolute Gasteiger partial charge is 0.493 e. The van der Waals surface area contributed by atoms with Gasteiger partial charge in [0.25, 0.3) is 0 Å². The Morgan fingerprint density at radius 2 is 2.14 bits per heavy atom. The van der Waals surface area contributed by atoms with Crippen molar-refractivity contribution in [2.45, 2.75) is 31.4 Å². The van der Waals surface area contributed by atoms with E-state index in [-0.39, 0.29) is 18.4 Å². The molecule has 1 heterocycles. The summed E-state index contributed by atoms with van der Waals surface area (Å²) in [4.78, 5) is 0. The highest BCUT2D eigenvalue weighted by Gasteiger charge is 2.31. The second kappa shape index (κ2) is 5.92. The Hall–Kier alpha value is -2.15. The molecule has 1 aliphatic rings. The van der Waals surface area contributed by atoms with E-state index in [4.69, 9.17) is 15.2 Å².